The minimum absolute atomic E-state index is 0.0210. The average molecular weight is 393 g/mol. The highest BCUT2D eigenvalue weighted by Crippen LogP contribution is 2.20. The van der Waals surface area contributed by atoms with E-state index in [0.717, 1.165) is 25.9 Å². The fourth-order valence-electron chi connectivity index (χ4n) is 3.16. The lowest BCUT2D eigenvalue weighted by Crippen LogP contribution is -2.48. The highest BCUT2D eigenvalue weighted by Gasteiger charge is 2.34. The van der Waals surface area contributed by atoms with Gasteiger partial charge >= 0.3 is 6.18 Å². The SMILES string of the molecule is CN(C)C(=O)CN=C(NCC1CCCCO1)NC1CCN(CC(F)(F)F)C1. The van der Waals surface area contributed by atoms with Crippen LogP contribution >= 0.6 is 0 Å². The molecule has 27 heavy (non-hydrogen) atoms. The molecule has 2 unspecified atom stereocenters. The van der Waals surface area contributed by atoms with Crippen molar-refractivity contribution in [2.45, 2.75) is 44.0 Å². The lowest BCUT2D eigenvalue weighted by atomic mass is 10.1. The Morgan fingerprint density at radius 2 is 2.07 bits per heavy atom. The lowest BCUT2D eigenvalue weighted by molar-refractivity contribution is -0.143. The van der Waals surface area contributed by atoms with Gasteiger partial charge in [0.15, 0.2) is 5.96 Å². The zero-order valence-corrected chi connectivity index (χ0v) is 16.0. The molecular weight excluding hydrogens is 363 g/mol. The Bertz CT molecular complexity index is 507. The highest BCUT2D eigenvalue weighted by atomic mass is 19.4. The summed E-state index contributed by atoms with van der Waals surface area (Å²) in [6.45, 7) is 1.04. The summed E-state index contributed by atoms with van der Waals surface area (Å²) in [6.07, 6.45) is -0.385. The van der Waals surface area contributed by atoms with Crippen molar-refractivity contribution in [2.75, 3.05) is 53.4 Å². The lowest BCUT2D eigenvalue weighted by Gasteiger charge is -2.25. The quantitative estimate of drug-likeness (QED) is 0.517. The van der Waals surface area contributed by atoms with Gasteiger partial charge in [-0.3, -0.25) is 9.69 Å². The molecule has 0 saturated carbocycles. The number of amides is 1. The van der Waals surface area contributed by atoms with Crippen LogP contribution in [0.25, 0.3) is 0 Å². The number of likely N-dealkylation sites (N-methyl/N-ethyl adjacent to an activating group) is 1. The number of likely N-dealkylation sites (tertiary alicyclic amines) is 1. The summed E-state index contributed by atoms with van der Waals surface area (Å²) >= 11 is 0. The highest BCUT2D eigenvalue weighted by molar-refractivity contribution is 5.85. The molecule has 10 heteroatoms. The van der Waals surface area contributed by atoms with Gasteiger partial charge in [0.25, 0.3) is 0 Å². The number of carbonyl (C=O) groups excluding carboxylic acids is 1. The summed E-state index contributed by atoms with van der Waals surface area (Å²) in [7, 11) is 3.31. The number of rotatable bonds is 6. The maximum absolute atomic E-state index is 12.6. The summed E-state index contributed by atoms with van der Waals surface area (Å²) in [5.74, 6) is 0.299. The Labute approximate surface area is 158 Å². The van der Waals surface area contributed by atoms with E-state index in [9.17, 15) is 18.0 Å². The third kappa shape index (κ3) is 8.34. The summed E-state index contributed by atoms with van der Waals surface area (Å²) in [5, 5.41) is 6.35. The first kappa shape index (κ1) is 21.7. The number of hydrogen-bond acceptors (Lipinski definition) is 4. The molecule has 1 amide bonds. The third-order valence-corrected chi connectivity index (χ3v) is 4.66. The molecule has 0 bridgehead atoms. The molecule has 2 aliphatic rings. The van der Waals surface area contributed by atoms with Crippen molar-refractivity contribution in [1.29, 1.82) is 0 Å². The van der Waals surface area contributed by atoms with Crippen LogP contribution in [-0.4, -0.2) is 93.4 Å². The molecule has 2 heterocycles. The van der Waals surface area contributed by atoms with Gasteiger partial charge in [-0.2, -0.15) is 13.2 Å². The van der Waals surface area contributed by atoms with Gasteiger partial charge in [-0.05, 0) is 25.7 Å². The van der Waals surface area contributed by atoms with E-state index in [0.29, 0.717) is 32.0 Å². The summed E-state index contributed by atoms with van der Waals surface area (Å²) in [4.78, 5) is 18.9. The molecule has 156 valence electrons. The summed E-state index contributed by atoms with van der Waals surface area (Å²) in [5.41, 5.74) is 0. The van der Waals surface area contributed by atoms with Gasteiger partial charge in [0, 0.05) is 46.4 Å². The maximum Gasteiger partial charge on any atom is 0.401 e. The minimum atomic E-state index is -4.19. The van der Waals surface area contributed by atoms with Gasteiger partial charge in [-0.15, -0.1) is 0 Å². The molecule has 2 N–H and O–H groups in total. The van der Waals surface area contributed by atoms with Crippen LogP contribution in [0.3, 0.4) is 0 Å². The number of nitrogens with zero attached hydrogens (tertiary/aromatic N) is 3. The molecule has 2 fully saturated rings. The largest absolute Gasteiger partial charge is 0.401 e. The fourth-order valence-corrected chi connectivity index (χ4v) is 3.16. The number of alkyl halides is 3. The smallest absolute Gasteiger partial charge is 0.376 e. The maximum atomic E-state index is 12.6. The van der Waals surface area contributed by atoms with Crippen LogP contribution in [0.5, 0.6) is 0 Å². The van der Waals surface area contributed by atoms with Gasteiger partial charge < -0.3 is 20.3 Å². The second kappa shape index (κ2) is 10.1. The Morgan fingerprint density at radius 3 is 2.70 bits per heavy atom. The minimum Gasteiger partial charge on any atom is -0.376 e. The number of ether oxygens (including phenoxy) is 1. The summed E-state index contributed by atoms with van der Waals surface area (Å²) < 4.78 is 43.3. The van der Waals surface area contributed by atoms with E-state index < -0.39 is 12.7 Å². The van der Waals surface area contributed by atoms with Gasteiger partial charge in [0.2, 0.25) is 5.91 Å². The Morgan fingerprint density at radius 1 is 1.30 bits per heavy atom. The van der Waals surface area contributed by atoms with Crippen LogP contribution in [0, 0.1) is 0 Å². The predicted molar refractivity (Wildman–Crippen MR) is 96.6 cm³/mol. The number of aliphatic imine (C=N–C) groups is 1. The van der Waals surface area contributed by atoms with E-state index in [2.05, 4.69) is 15.6 Å². The van der Waals surface area contributed by atoms with E-state index in [-0.39, 0.29) is 24.6 Å². The molecule has 2 rings (SSSR count). The van der Waals surface area contributed by atoms with E-state index in [4.69, 9.17) is 4.74 Å². The van der Waals surface area contributed by atoms with Gasteiger partial charge in [-0.1, -0.05) is 0 Å². The van der Waals surface area contributed by atoms with Crippen LogP contribution in [0.2, 0.25) is 0 Å². The molecule has 0 aromatic rings. The fraction of sp³-hybridized carbons (Fsp3) is 0.882. The van der Waals surface area contributed by atoms with Gasteiger partial charge in [-0.25, -0.2) is 4.99 Å². The molecule has 0 spiro atoms. The van der Waals surface area contributed by atoms with Gasteiger partial charge in [0.1, 0.15) is 6.54 Å². The standard InChI is InChI=1S/C17H30F3N5O2/c1-24(2)15(26)10-22-16(21-9-14-5-3-4-8-27-14)23-13-6-7-25(11-13)12-17(18,19)20/h13-14H,3-12H2,1-2H3,(H2,21,22,23). The molecule has 0 radical (unpaired) electrons. The van der Waals surface area contributed by atoms with Crippen LogP contribution in [0.15, 0.2) is 4.99 Å². The topological polar surface area (TPSA) is 69.2 Å². The Balaban J connectivity index is 1.88. The normalized spacial score (nSPS) is 24.7. The molecule has 7 nitrogen and oxygen atoms in total. The van der Waals surface area contributed by atoms with Gasteiger partial charge in [0.05, 0.1) is 12.6 Å². The number of guanidine groups is 1. The Kier molecular flexibility index (Phi) is 8.15. The van der Waals surface area contributed by atoms with Crippen molar-refractivity contribution in [2.24, 2.45) is 4.99 Å². The molecular formula is C17H30F3N5O2. The molecule has 2 atom stereocenters. The van der Waals surface area contributed by atoms with E-state index in [1.54, 1.807) is 14.1 Å². The summed E-state index contributed by atoms with van der Waals surface area (Å²) in [6, 6.07) is -0.139. The molecule has 2 saturated heterocycles. The van der Waals surface area contributed by atoms with Crippen molar-refractivity contribution in [1.82, 2.24) is 20.4 Å². The molecule has 2 aliphatic heterocycles. The van der Waals surface area contributed by atoms with Crippen LogP contribution in [-0.2, 0) is 9.53 Å². The second-order valence-electron chi connectivity index (χ2n) is 7.30. The zero-order valence-electron chi connectivity index (χ0n) is 16.0. The van der Waals surface area contributed by atoms with Crippen molar-refractivity contribution >= 4 is 11.9 Å². The average Bonchev–Trinajstić information content (AvgIpc) is 3.02. The predicted octanol–water partition coefficient (Wildman–Crippen LogP) is 0.816. The first-order valence-electron chi connectivity index (χ1n) is 9.38. The van der Waals surface area contributed by atoms with Crippen molar-refractivity contribution in [3.63, 3.8) is 0 Å². The molecule has 0 aromatic heterocycles. The third-order valence-electron chi connectivity index (χ3n) is 4.66. The van der Waals surface area contributed by atoms with Crippen LogP contribution in [0.1, 0.15) is 25.7 Å². The Hall–Kier alpha value is -1.55. The van der Waals surface area contributed by atoms with Crippen molar-refractivity contribution < 1.29 is 22.7 Å². The number of nitrogens with one attached hydrogen (secondary N) is 2. The zero-order chi connectivity index (χ0) is 19.9. The van der Waals surface area contributed by atoms with E-state index in [1.165, 1.54) is 9.80 Å². The first-order valence-corrected chi connectivity index (χ1v) is 9.38. The van der Waals surface area contributed by atoms with Crippen molar-refractivity contribution in [3.05, 3.63) is 0 Å². The monoisotopic (exact) mass is 393 g/mol. The number of hydrogen-bond donors (Lipinski definition) is 2. The van der Waals surface area contributed by atoms with E-state index in [1.807, 2.05) is 0 Å². The number of halogens is 3. The van der Waals surface area contributed by atoms with E-state index >= 15 is 0 Å². The second-order valence-corrected chi connectivity index (χ2v) is 7.30. The van der Waals surface area contributed by atoms with Crippen molar-refractivity contribution in [3.8, 4) is 0 Å². The first-order chi connectivity index (χ1) is 12.7. The van der Waals surface area contributed by atoms with Crippen LogP contribution in [0.4, 0.5) is 13.2 Å². The van der Waals surface area contributed by atoms with Crippen LogP contribution < -0.4 is 10.6 Å². The molecule has 0 aliphatic carbocycles. The number of carbonyl (C=O) groups is 1. The molecule has 0 aromatic carbocycles.